The maximum atomic E-state index is 13.1. The van der Waals surface area contributed by atoms with Crippen LogP contribution < -0.4 is 4.90 Å². The number of halogens is 2. The fourth-order valence-corrected chi connectivity index (χ4v) is 6.01. The predicted octanol–water partition coefficient (Wildman–Crippen LogP) is 5.15. The molecule has 1 aliphatic heterocycles. The predicted molar refractivity (Wildman–Crippen MR) is 143 cm³/mol. The van der Waals surface area contributed by atoms with E-state index in [1.807, 2.05) is 24.3 Å². The highest BCUT2D eigenvalue weighted by atomic mass is 35.5. The first-order valence-corrected chi connectivity index (χ1v) is 14.0. The van der Waals surface area contributed by atoms with Gasteiger partial charge in [-0.2, -0.15) is 9.40 Å². The smallest absolute Gasteiger partial charge is 0.243 e. The van der Waals surface area contributed by atoms with Gasteiger partial charge in [0.1, 0.15) is 11.6 Å². The number of hydrogen-bond donors (Lipinski definition) is 0. The van der Waals surface area contributed by atoms with Gasteiger partial charge in [-0.05, 0) is 42.8 Å². The van der Waals surface area contributed by atoms with E-state index in [-0.39, 0.29) is 10.8 Å². The topological polar surface area (TPSA) is 84.2 Å². The van der Waals surface area contributed by atoms with E-state index in [1.165, 1.54) is 4.31 Å². The van der Waals surface area contributed by atoms with E-state index >= 15 is 0 Å². The first kappa shape index (κ1) is 25.0. The molecule has 0 amide bonds. The third-order valence-electron chi connectivity index (χ3n) is 6.55. The van der Waals surface area contributed by atoms with Gasteiger partial charge in [0.25, 0.3) is 0 Å². The van der Waals surface area contributed by atoms with Gasteiger partial charge in [0.05, 0.1) is 27.2 Å². The number of benzene rings is 2. The molecule has 2 aromatic heterocycles. The molecule has 8 nitrogen and oxygen atoms in total. The quantitative estimate of drug-likeness (QED) is 0.334. The molecule has 5 rings (SSSR count). The molecule has 0 saturated carbocycles. The molecule has 0 radical (unpaired) electrons. The summed E-state index contributed by atoms with van der Waals surface area (Å²) in [4.78, 5) is 12.1. The minimum Gasteiger partial charge on any atom is -0.353 e. The summed E-state index contributed by atoms with van der Waals surface area (Å²) in [6, 6.07) is 13.8. The van der Waals surface area contributed by atoms with E-state index in [9.17, 15) is 8.42 Å². The van der Waals surface area contributed by atoms with Crippen molar-refractivity contribution in [2.45, 2.75) is 31.1 Å². The number of hydrogen-bond acceptors (Lipinski definition) is 6. The molecule has 0 N–H and O–H groups in total. The molecule has 0 bridgehead atoms. The molecule has 1 saturated heterocycles. The van der Waals surface area contributed by atoms with E-state index in [0.717, 1.165) is 29.1 Å². The summed E-state index contributed by atoms with van der Waals surface area (Å²) in [6.07, 6.45) is 2.64. The van der Waals surface area contributed by atoms with Crippen LogP contribution in [-0.2, 0) is 10.0 Å². The fourth-order valence-electron chi connectivity index (χ4n) is 4.25. The molecule has 0 spiro atoms. The molecule has 11 heteroatoms. The van der Waals surface area contributed by atoms with Crippen LogP contribution in [0.5, 0.6) is 0 Å². The van der Waals surface area contributed by atoms with Crippen molar-refractivity contribution >= 4 is 50.1 Å². The number of piperazine rings is 1. The molecule has 1 fully saturated rings. The van der Waals surface area contributed by atoms with Gasteiger partial charge < -0.3 is 4.90 Å². The highest BCUT2D eigenvalue weighted by Gasteiger charge is 2.30. The summed E-state index contributed by atoms with van der Waals surface area (Å²) in [5.74, 6) is 1.64. The van der Waals surface area contributed by atoms with Crippen molar-refractivity contribution in [2.24, 2.45) is 0 Å². The van der Waals surface area contributed by atoms with Crippen LogP contribution in [0.15, 0.2) is 59.6 Å². The summed E-state index contributed by atoms with van der Waals surface area (Å²) in [7, 11) is -3.60. The lowest BCUT2D eigenvalue weighted by atomic mass is 10.1. The van der Waals surface area contributed by atoms with Crippen molar-refractivity contribution in [3.05, 3.63) is 70.6 Å². The Balaban J connectivity index is 1.49. The van der Waals surface area contributed by atoms with Gasteiger partial charge in [-0.3, -0.25) is 0 Å². The van der Waals surface area contributed by atoms with Gasteiger partial charge in [-0.1, -0.05) is 49.2 Å². The number of nitrogens with zero attached hydrogens (tertiary/aromatic N) is 6. The first-order valence-electron chi connectivity index (χ1n) is 11.8. The first-order chi connectivity index (χ1) is 17.3. The molecule has 1 atom stereocenters. The summed E-state index contributed by atoms with van der Waals surface area (Å²) in [6.45, 7) is 5.87. The molecule has 188 valence electrons. The van der Waals surface area contributed by atoms with Gasteiger partial charge >= 0.3 is 0 Å². The van der Waals surface area contributed by atoms with E-state index in [4.69, 9.17) is 33.2 Å². The van der Waals surface area contributed by atoms with E-state index in [1.54, 1.807) is 35.1 Å². The number of para-hydroxylation sites is 1. The molecule has 4 aromatic rings. The number of fused-ring (bicyclic) bond motifs is 1. The van der Waals surface area contributed by atoms with Crippen LogP contribution in [-0.4, -0.2) is 58.7 Å². The zero-order valence-electron chi connectivity index (χ0n) is 20.0. The summed E-state index contributed by atoms with van der Waals surface area (Å²) in [5.41, 5.74) is 1.42. The highest BCUT2D eigenvalue weighted by Crippen LogP contribution is 2.31. The maximum Gasteiger partial charge on any atom is 0.243 e. The Morgan fingerprint density at radius 1 is 0.972 bits per heavy atom. The van der Waals surface area contributed by atoms with Crippen LogP contribution in [0.4, 0.5) is 5.82 Å². The minimum atomic E-state index is -3.60. The maximum absolute atomic E-state index is 13.1. The van der Waals surface area contributed by atoms with Gasteiger partial charge in [-0.15, -0.1) is 0 Å². The number of aromatic nitrogens is 4. The van der Waals surface area contributed by atoms with Crippen LogP contribution in [0.3, 0.4) is 0 Å². The van der Waals surface area contributed by atoms with Crippen molar-refractivity contribution in [3.8, 4) is 5.69 Å². The van der Waals surface area contributed by atoms with Crippen LogP contribution >= 0.6 is 23.2 Å². The van der Waals surface area contributed by atoms with Gasteiger partial charge in [0.2, 0.25) is 10.0 Å². The molecule has 0 unspecified atom stereocenters. The second-order valence-corrected chi connectivity index (χ2v) is 11.6. The second-order valence-electron chi connectivity index (χ2n) is 8.80. The zero-order chi connectivity index (χ0) is 25.4. The Morgan fingerprint density at radius 2 is 1.67 bits per heavy atom. The number of rotatable bonds is 6. The normalized spacial score (nSPS) is 15.9. The summed E-state index contributed by atoms with van der Waals surface area (Å²) >= 11 is 12.4. The lowest BCUT2D eigenvalue weighted by molar-refractivity contribution is 0.384. The Labute approximate surface area is 220 Å². The van der Waals surface area contributed by atoms with E-state index < -0.39 is 10.0 Å². The molecular weight excluding hydrogens is 519 g/mol. The molecular formula is C25H26Cl2N6O2S. The Hall–Kier alpha value is -2.72. The minimum absolute atomic E-state index is 0.148. The number of anilines is 1. The van der Waals surface area contributed by atoms with Crippen molar-refractivity contribution in [1.29, 1.82) is 0 Å². The van der Waals surface area contributed by atoms with Crippen LogP contribution in [0.1, 0.15) is 32.0 Å². The summed E-state index contributed by atoms with van der Waals surface area (Å²) < 4.78 is 29.5. The average molecular weight is 545 g/mol. The largest absolute Gasteiger partial charge is 0.353 e. The highest BCUT2D eigenvalue weighted by molar-refractivity contribution is 7.89. The van der Waals surface area contributed by atoms with Crippen molar-refractivity contribution in [2.75, 3.05) is 31.1 Å². The standard InChI is InChI=1S/C25H26Cl2N6O2S/c1-3-17(2)23-29-24(20-16-28-33(25(20)30-23)22-7-5-4-6-21(22)27)31-12-14-32(15-13-31)36(34,35)19-10-8-18(26)9-11-19/h4-11,16-17H,3,12-15H2,1-2H3/t17-/m0/s1. The van der Waals surface area contributed by atoms with Crippen LogP contribution in [0, 0.1) is 0 Å². The molecule has 36 heavy (non-hydrogen) atoms. The molecule has 0 aliphatic carbocycles. The average Bonchev–Trinajstić information content (AvgIpc) is 3.32. The molecule has 2 aromatic carbocycles. The van der Waals surface area contributed by atoms with Crippen LogP contribution in [0.25, 0.3) is 16.7 Å². The van der Waals surface area contributed by atoms with Crippen molar-refractivity contribution < 1.29 is 8.42 Å². The SMILES string of the molecule is CC[C@H](C)c1nc(N2CCN(S(=O)(=O)c3ccc(Cl)cc3)CC2)c2cnn(-c3ccccc3Cl)c2n1. The van der Waals surface area contributed by atoms with E-state index in [0.29, 0.717) is 41.9 Å². The Bertz CT molecular complexity index is 1500. The lowest BCUT2D eigenvalue weighted by Crippen LogP contribution is -2.49. The van der Waals surface area contributed by atoms with Crippen LogP contribution in [0.2, 0.25) is 10.0 Å². The van der Waals surface area contributed by atoms with Gasteiger partial charge in [0.15, 0.2) is 5.65 Å². The van der Waals surface area contributed by atoms with Gasteiger partial charge in [0, 0.05) is 37.1 Å². The zero-order valence-corrected chi connectivity index (χ0v) is 22.3. The summed E-state index contributed by atoms with van der Waals surface area (Å²) in [5, 5.41) is 6.48. The third-order valence-corrected chi connectivity index (χ3v) is 9.03. The number of sulfonamides is 1. The Kier molecular flexibility index (Phi) is 6.91. The van der Waals surface area contributed by atoms with Crippen molar-refractivity contribution in [1.82, 2.24) is 24.1 Å². The fraction of sp³-hybridized carbons (Fsp3) is 0.320. The monoisotopic (exact) mass is 544 g/mol. The third kappa shape index (κ3) is 4.56. The molecule has 3 heterocycles. The second kappa shape index (κ2) is 9.97. The van der Waals surface area contributed by atoms with Crippen molar-refractivity contribution in [3.63, 3.8) is 0 Å². The Morgan fingerprint density at radius 3 is 2.33 bits per heavy atom. The lowest BCUT2D eigenvalue weighted by Gasteiger charge is -2.35. The van der Waals surface area contributed by atoms with E-state index in [2.05, 4.69) is 23.8 Å². The van der Waals surface area contributed by atoms with Gasteiger partial charge in [-0.25, -0.2) is 23.1 Å². The molecule has 1 aliphatic rings.